The molecular weight excluding hydrogens is 299 g/mol. The molecule has 6 nitrogen and oxygen atoms in total. The summed E-state index contributed by atoms with van der Waals surface area (Å²) in [6, 6.07) is 4.33. The number of nitrogens with zero attached hydrogens (tertiary/aromatic N) is 3. The molecule has 23 heavy (non-hydrogen) atoms. The van der Waals surface area contributed by atoms with Gasteiger partial charge in [-0.3, -0.25) is 4.79 Å². The van der Waals surface area contributed by atoms with Crippen LogP contribution in [-0.4, -0.2) is 39.2 Å². The van der Waals surface area contributed by atoms with Crippen molar-refractivity contribution in [3.8, 4) is 5.69 Å². The van der Waals surface area contributed by atoms with E-state index >= 15 is 0 Å². The molecule has 0 aliphatic carbocycles. The maximum Gasteiger partial charge on any atom is 0.273 e. The molecule has 7 heteroatoms. The van der Waals surface area contributed by atoms with Gasteiger partial charge in [-0.25, -0.2) is 9.07 Å². The summed E-state index contributed by atoms with van der Waals surface area (Å²) in [4.78, 5) is 12.3. The molecule has 3 rings (SSSR count). The number of aromatic nitrogens is 3. The first-order valence-corrected chi connectivity index (χ1v) is 7.48. The van der Waals surface area contributed by atoms with E-state index in [9.17, 15) is 9.18 Å². The highest BCUT2D eigenvalue weighted by molar-refractivity contribution is 5.92. The maximum atomic E-state index is 13.2. The van der Waals surface area contributed by atoms with Crippen LogP contribution in [0.4, 0.5) is 4.39 Å². The number of ether oxygens (including phenoxy) is 1. The molecule has 122 valence electrons. The first-order chi connectivity index (χ1) is 10.8. The number of amides is 1. The van der Waals surface area contributed by atoms with Crippen LogP contribution in [-0.2, 0) is 4.74 Å². The van der Waals surface area contributed by atoms with Crippen LogP contribution in [0.3, 0.4) is 0 Å². The van der Waals surface area contributed by atoms with Crippen LogP contribution < -0.4 is 5.32 Å². The zero-order chi connectivity index (χ0) is 16.6. The smallest absolute Gasteiger partial charge is 0.273 e. The second-order valence-corrected chi connectivity index (χ2v) is 6.42. The third-order valence-corrected chi connectivity index (χ3v) is 3.88. The molecule has 2 heterocycles. The average molecular weight is 318 g/mol. The molecule has 1 aromatic heterocycles. The molecule has 1 unspecified atom stereocenters. The van der Waals surface area contributed by atoms with Crippen molar-refractivity contribution < 1.29 is 13.9 Å². The van der Waals surface area contributed by atoms with Crippen LogP contribution in [0.25, 0.3) is 5.69 Å². The van der Waals surface area contributed by atoms with E-state index in [1.165, 1.54) is 23.0 Å². The lowest BCUT2D eigenvalue weighted by atomic mass is 10.0. The van der Waals surface area contributed by atoms with E-state index in [1.54, 1.807) is 13.0 Å². The highest BCUT2D eigenvalue weighted by Gasteiger charge is 2.33. The number of carbonyl (C=O) groups excluding carboxylic acids is 1. The topological polar surface area (TPSA) is 69.0 Å². The lowest BCUT2D eigenvalue weighted by molar-refractivity contribution is 0.0355. The molecule has 1 atom stereocenters. The standard InChI is InChI=1S/C16H19FN4O2/c1-10-6-11(17)4-5-14(10)21-8-13(19-20-21)15(22)18-12-7-16(2,3)23-9-12/h4-6,8,12H,7,9H2,1-3H3,(H,18,22). The lowest BCUT2D eigenvalue weighted by Crippen LogP contribution is -2.36. The SMILES string of the molecule is Cc1cc(F)ccc1-n1cc(C(=O)NC2COC(C)(C)C2)nn1. The third kappa shape index (κ3) is 3.39. The van der Waals surface area contributed by atoms with Crippen LogP contribution in [0.15, 0.2) is 24.4 Å². The van der Waals surface area contributed by atoms with Crippen LogP contribution in [0.2, 0.25) is 0 Å². The van der Waals surface area contributed by atoms with Gasteiger partial charge in [0, 0.05) is 0 Å². The van der Waals surface area contributed by atoms with Gasteiger partial charge in [0.05, 0.1) is 30.1 Å². The van der Waals surface area contributed by atoms with Gasteiger partial charge in [-0.1, -0.05) is 5.21 Å². The molecule has 0 bridgehead atoms. The molecular formula is C16H19FN4O2. The first-order valence-electron chi connectivity index (χ1n) is 7.48. The van der Waals surface area contributed by atoms with Gasteiger partial charge in [0.1, 0.15) is 5.82 Å². The lowest BCUT2D eigenvalue weighted by Gasteiger charge is -2.15. The van der Waals surface area contributed by atoms with E-state index in [0.29, 0.717) is 17.9 Å². The number of hydrogen-bond donors (Lipinski definition) is 1. The number of carbonyl (C=O) groups is 1. The normalized spacial score (nSPS) is 19.7. The van der Waals surface area contributed by atoms with Crippen molar-refractivity contribution in [2.75, 3.05) is 6.61 Å². The van der Waals surface area contributed by atoms with E-state index in [0.717, 1.165) is 6.42 Å². The van der Waals surface area contributed by atoms with Gasteiger partial charge < -0.3 is 10.1 Å². The van der Waals surface area contributed by atoms with E-state index < -0.39 is 0 Å². The molecule has 1 aliphatic heterocycles. The number of benzene rings is 1. The second-order valence-electron chi connectivity index (χ2n) is 6.42. The summed E-state index contributed by atoms with van der Waals surface area (Å²) in [6.07, 6.45) is 2.29. The Kier molecular flexibility index (Phi) is 3.89. The van der Waals surface area contributed by atoms with Crippen LogP contribution in [0.1, 0.15) is 36.3 Å². The fourth-order valence-corrected chi connectivity index (χ4v) is 2.75. The Morgan fingerprint density at radius 3 is 2.91 bits per heavy atom. The van der Waals surface area contributed by atoms with E-state index in [-0.39, 0.29) is 29.1 Å². The molecule has 1 amide bonds. The number of hydrogen-bond acceptors (Lipinski definition) is 4. The highest BCUT2D eigenvalue weighted by Crippen LogP contribution is 2.24. The molecule has 2 aromatic rings. The largest absolute Gasteiger partial charge is 0.373 e. The predicted molar refractivity (Wildman–Crippen MR) is 82.0 cm³/mol. The van der Waals surface area contributed by atoms with Crippen molar-refractivity contribution in [3.05, 3.63) is 41.5 Å². The van der Waals surface area contributed by atoms with Crippen molar-refractivity contribution in [3.63, 3.8) is 0 Å². The Hall–Kier alpha value is -2.28. The zero-order valence-corrected chi connectivity index (χ0v) is 13.3. The minimum atomic E-state index is -0.312. The van der Waals surface area contributed by atoms with Crippen molar-refractivity contribution in [1.29, 1.82) is 0 Å². The summed E-state index contributed by atoms with van der Waals surface area (Å²) >= 11 is 0. The predicted octanol–water partition coefficient (Wildman–Crippen LogP) is 2.01. The Morgan fingerprint density at radius 2 is 2.26 bits per heavy atom. The molecule has 1 aromatic carbocycles. The Labute approximate surface area is 133 Å². The zero-order valence-electron chi connectivity index (χ0n) is 13.3. The molecule has 1 saturated heterocycles. The molecule has 1 fully saturated rings. The number of nitrogens with one attached hydrogen (secondary N) is 1. The van der Waals surface area contributed by atoms with E-state index in [2.05, 4.69) is 15.6 Å². The summed E-state index contributed by atoms with van der Waals surface area (Å²) in [7, 11) is 0. The number of rotatable bonds is 3. The Bertz CT molecular complexity index is 741. The maximum absolute atomic E-state index is 13.2. The number of halogens is 1. The van der Waals surface area contributed by atoms with E-state index in [1.807, 2.05) is 13.8 Å². The summed E-state index contributed by atoms with van der Waals surface area (Å²) in [6.45, 7) is 6.25. The van der Waals surface area contributed by atoms with Gasteiger partial charge in [0.15, 0.2) is 5.69 Å². The van der Waals surface area contributed by atoms with E-state index in [4.69, 9.17) is 4.74 Å². The summed E-state index contributed by atoms with van der Waals surface area (Å²) in [5.41, 5.74) is 1.40. The van der Waals surface area contributed by atoms with Gasteiger partial charge in [0.25, 0.3) is 5.91 Å². The van der Waals surface area contributed by atoms with Gasteiger partial charge in [-0.05, 0) is 51.0 Å². The van der Waals surface area contributed by atoms with Crippen molar-refractivity contribution >= 4 is 5.91 Å². The first kappa shape index (κ1) is 15.6. The van der Waals surface area contributed by atoms with Gasteiger partial charge in [-0.15, -0.1) is 5.10 Å². The highest BCUT2D eigenvalue weighted by atomic mass is 19.1. The Balaban J connectivity index is 1.73. The second kappa shape index (κ2) is 5.73. The number of aryl methyl sites for hydroxylation is 1. The summed E-state index contributed by atoms with van der Waals surface area (Å²) in [5.74, 6) is -0.601. The molecule has 1 aliphatic rings. The monoisotopic (exact) mass is 318 g/mol. The van der Waals surface area contributed by atoms with Crippen molar-refractivity contribution in [2.45, 2.75) is 38.8 Å². The minimum absolute atomic E-state index is 0.0322. The van der Waals surface area contributed by atoms with Gasteiger partial charge in [-0.2, -0.15) is 0 Å². The quantitative estimate of drug-likeness (QED) is 0.940. The van der Waals surface area contributed by atoms with Crippen LogP contribution in [0.5, 0.6) is 0 Å². The summed E-state index contributed by atoms with van der Waals surface area (Å²) in [5, 5.41) is 10.8. The van der Waals surface area contributed by atoms with Crippen LogP contribution >= 0.6 is 0 Å². The minimum Gasteiger partial charge on any atom is -0.373 e. The molecule has 0 saturated carbocycles. The molecule has 1 N–H and O–H groups in total. The summed E-state index contributed by atoms with van der Waals surface area (Å²) < 4.78 is 20.2. The Morgan fingerprint density at radius 1 is 1.48 bits per heavy atom. The fraction of sp³-hybridized carbons (Fsp3) is 0.438. The van der Waals surface area contributed by atoms with Gasteiger partial charge in [0.2, 0.25) is 0 Å². The average Bonchev–Trinajstić information content (AvgIpc) is 3.06. The van der Waals surface area contributed by atoms with Crippen LogP contribution in [0, 0.1) is 12.7 Å². The molecule has 0 radical (unpaired) electrons. The van der Waals surface area contributed by atoms with Gasteiger partial charge >= 0.3 is 0 Å². The fourth-order valence-electron chi connectivity index (χ4n) is 2.75. The molecule has 0 spiro atoms. The van der Waals surface area contributed by atoms with Crippen molar-refractivity contribution in [2.24, 2.45) is 0 Å². The third-order valence-electron chi connectivity index (χ3n) is 3.88. The van der Waals surface area contributed by atoms with Crippen molar-refractivity contribution in [1.82, 2.24) is 20.3 Å².